The molecule has 1 heterocycles. The quantitative estimate of drug-likeness (QED) is 0.500. The Morgan fingerprint density at radius 3 is 2.17 bits per heavy atom. The maximum Gasteiger partial charge on any atom is 0.322 e. The number of benzene rings is 3. The van der Waals surface area contributed by atoms with Crippen molar-refractivity contribution in [1.29, 1.82) is 0 Å². The molecule has 0 unspecified atom stereocenters. The molecule has 4 rings (SSSR count). The van der Waals surface area contributed by atoms with Crippen LogP contribution in [0.1, 0.15) is 34.3 Å². The van der Waals surface area contributed by atoms with Crippen LogP contribution in [0.3, 0.4) is 0 Å². The molecule has 0 saturated heterocycles. The van der Waals surface area contributed by atoms with Crippen LogP contribution in [0.25, 0.3) is 11.1 Å². The third-order valence-corrected chi connectivity index (χ3v) is 4.73. The van der Waals surface area contributed by atoms with Crippen molar-refractivity contribution >= 4 is 11.9 Å². The molecule has 29 heavy (non-hydrogen) atoms. The lowest BCUT2D eigenvalue weighted by Crippen LogP contribution is -2.11. The molecule has 0 aliphatic carbocycles. The number of hydrogen-bond donors (Lipinski definition) is 1. The first-order valence-electron chi connectivity index (χ1n) is 9.58. The van der Waals surface area contributed by atoms with Gasteiger partial charge in [-0.25, -0.2) is 0 Å². The van der Waals surface area contributed by atoms with Crippen LogP contribution < -0.4 is 5.32 Å². The third kappa shape index (κ3) is 4.58. The molecule has 0 spiro atoms. The van der Waals surface area contributed by atoms with Crippen LogP contribution in [-0.2, 0) is 12.8 Å². The SMILES string of the molecule is CCc1ccc(Cc2nnc(NC(=O)c3ccc(-c4ccccc4)cc3)o2)cc1. The van der Waals surface area contributed by atoms with Gasteiger partial charge in [0.2, 0.25) is 5.89 Å². The highest BCUT2D eigenvalue weighted by molar-refractivity contribution is 6.03. The van der Waals surface area contributed by atoms with Gasteiger partial charge < -0.3 is 4.42 Å². The second-order valence-electron chi connectivity index (χ2n) is 6.75. The summed E-state index contributed by atoms with van der Waals surface area (Å²) in [6, 6.07) is 25.8. The summed E-state index contributed by atoms with van der Waals surface area (Å²) in [4.78, 5) is 12.5. The number of aromatic nitrogens is 2. The average Bonchev–Trinajstić information content (AvgIpc) is 3.21. The fraction of sp³-hybridized carbons (Fsp3) is 0.125. The molecule has 0 fully saturated rings. The highest BCUT2D eigenvalue weighted by atomic mass is 16.4. The number of aryl methyl sites for hydroxylation is 1. The van der Waals surface area contributed by atoms with Crippen molar-refractivity contribution in [2.24, 2.45) is 0 Å². The number of nitrogens with one attached hydrogen (secondary N) is 1. The van der Waals surface area contributed by atoms with Crippen LogP contribution in [0, 0.1) is 0 Å². The van der Waals surface area contributed by atoms with E-state index >= 15 is 0 Å². The van der Waals surface area contributed by atoms with E-state index in [-0.39, 0.29) is 11.9 Å². The van der Waals surface area contributed by atoms with Crippen molar-refractivity contribution in [3.05, 3.63) is 101 Å². The minimum absolute atomic E-state index is 0.0994. The number of hydrogen-bond acceptors (Lipinski definition) is 4. The van der Waals surface area contributed by atoms with Gasteiger partial charge in [-0.05, 0) is 40.8 Å². The van der Waals surface area contributed by atoms with Gasteiger partial charge in [0.15, 0.2) is 0 Å². The summed E-state index contributed by atoms with van der Waals surface area (Å²) >= 11 is 0. The van der Waals surface area contributed by atoms with Gasteiger partial charge in [-0.1, -0.05) is 78.8 Å². The minimum Gasteiger partial charge on any atom is -0.407 e. The summed E-state index contributed by atoms with van der Waals surface area (Å²) in [5.74, 6) is 0.177. The Labute approximate surface area is 169 Å². The van der Waals surface area contributed by atoms with Gasteiger partial charge in [-0.3, -0.25) is 10.1 Å². The molecular weight excluding hydrogens is 362 g/mol. The summed E-state index contributed by atoms with van der Waals surface area (Å²) in [6.45, 7) is 2.12. The molecule has 0 aliphatic heterocycles. The molecule has 0 atom stereocenters. The lowest BCUT2D eigenvalue weighted by molar-refractivity contribution is 0.102. The summed E-state index contributed by atoms with van der Waals surface area (Å²) in [7, 11) is 0. The van der Waals surface area contributed by atoms with E-state index in [2.05, 4.69) is 46.7 Å². The lowest BCUT2D eigenvalue weighted by Gasteiger charge is -2.04. The molecule has 1 aromatic heterocycles. The van der Waals surface area contributed by atoms with E-state index in [1.165, 1.54) is 5.56 Å². The largest absolute Gasteiger partial charge is 0.407 e. The van der Waals surface area contributed by atoms with Gasteiger partial charge in [0.1, 0.15) is 0 Å². The summed E-state index contributed by atoms with van der Waals surface area (Å²) < 4.78 is 5.58. The van der Waals surface area contributed by atoms with Crippen molar-refractivity contribution in [3.8, 4) is 11.1 Å². The Kier molecular flexibility index (Phi) is 5.47. The molecule has 144 valence electrons. The van der Waals surface area contributed by atoms with Gasteiger partial charge in [0.25, 0.3) is 5.91 Å². The zero-order valence-corrected chi connectivity index (χ0v) is 16.1. The van der Waals surface area contributed by atoms with Gasteiger partial charge in [0, 0.05) is 5.56 Å². The Balaban J connectivity index is 1.39. The van der Waals surface area contributed by atoms with Gasteiger partial charge in [-0.15, -0.1) is 5.10 Å². The molecule has 5 heteroatoms. The number of amides is 1. The van der Waals surface area contributed by atoms with Crippen LogP contribution >= 0.6 is 0 Å². The number of rotatable bonds is 6. The van der Waals surface area contributed by atoms with Crippen LogP contribution in [-0.4, -0.2) is 16.1 Å². The molecule has 4 aromatic rings. The average molecular weight is 383 g/mol. The Hall–Kier alpha value is -3.73. The molecular formula is C24H21N3O2. The van der Waals surface area contributed by atoms with Crippen molar-refractivity contribution < 1.29 is 9.21 Å². The smallest absolute Gasteiger partial charge is 0.322 e. The predicted molar refractivity (Wildman–Crippen MR) is 113 cm³/mol. The maximum absolute atomic E-state index is 12.5. The Morgan fingerprint density at radius 1 is 0.828 bits per heavy atom. The second-order valence-corrected chi connectivity index (χ2v) is 6.75. The van der Waals surface area contributed by atoms with Gasteiger partial charge >= 0.3 is 6.01 Å². The Morgan fingerprint density at radius 2 is 1.48 bits per heavy atom. The van der Waals surface area contributed by atoms with Crippen molar-refractivity contribution in [2.45, 2.75) is 19.8 Å². The van der Waals surface area contributed by atoms with E-state index < -0.39 is 0 Å². The van der Waals surface area contributed by atoms with E-state index in [0.717, 1.165) is 23.1 Å². The normalized spacial score (nSPS) is 10.7. The monoisotopic (exact) mass is 383 g/mol. The fourth-order valence-electron chi connectivity index (χ4n) is 3.06. The first kappa shape index (κ1) is 18.6. The number of anilines is 1. The van der Waals surface area contributed by atoms with E-state index in [1.807, 2.05) is 42.5 Å². The van der Waals surface area contributed by atoms with Crippen molar-refractivity contribution in [1.82, 2.24) is 10.2 Å². The second kappa shape index (κ2) is 8.52. The molecule has 0 aliphatic rings. The molecule has 1 amide bonds. The van der Waals surface area contributed by atoms with Crippen LogP contribution in [0.2, 0.25) is 0 Å². The lowest BCUT2D eigenvalue weighted by atomic mass is 10.0. The first-order chi connectivity index (χ1) is 14.2. The number of carbonyl (C=O) groups is 1. The molecule has 5 nitrogen and oxygen atoms in total. The molecule has 0 radical (unpaired) electrons. The van der Waals surface area contributed by atoms with Crippen LogP contribution in [0.5, 0.6) is 0 Å². The summed E-state index contributed by atoms with van der Waals surface area (Å²) in [5, 5.41) is 10.6. The van der Waals surface area contributed by atoms with E-state index in [0.29, 0.717) is 17.9 Å². The van der Waals surface area contributed by atoms with Crippen LogP contribution in [0.4, 0.5) is 6.01 Å². The highest BCUT2D eigenvalue weighted by Gasteiger charge is 2.12. The van der Waals surface area contributed by atoms with Crippen molar-refractivity contribution in [3.63, 3.8) is 0 Å². The zero-order valence-electron chi connectivity index (χ0n) is 16.1. The van der Waals surface area contributed by atoms with Crippen LogP contribution in [0.15, 0.2) is 83.3 Å². The fourth-order valence-corrected chi connectivity index (χ4v) is 3.06. The molecule has 0 saturated carbocycles. The summed E-state index contributed by atoms with van der Waals surface area (Å²) in [5.41, 5.74) is 5.05. The van der Waals surface area contributed by atoms with Crippen molar-refractivity contribution in [2.75, 3.05) is 5.32 Å². The first-order valence-corrected chi connectivity index (χ1v) is 9.58. The standard InChI is InChI=1S/C24H21N3O2/c1-2-17-8-10-18(11-9-17)16-22-26-27-24(29-22)25-23(28)21-14-12-20(13-15-21)19-6-4-3-5-7-19/h3-15H,2,16H2,1H3,(H,25,27,28). The van der Waals surface area contributed by atoms with E-state index in [4.69, 9.17) is 4.42 Å². The molecule has 3 aromatic carbocycles. The zero-order chi connectivity index (χ0) is 20.1. The summed E-state index contributed by atoms with van der Waals surface area (Å²) in [6.07, 6.45) is 1.53. The highest BCUT2D eigenvalue weighted by Crippen LogP contribution is 2.20. The van der Waals surface area contributed by atoms with Gasteiger partial charge in [0.05, 0.1) is 6.42 Å². The predicted octanol–water partition coefficient (Wildman–Crippen LogP) is 5.14. The third-order valence-electron chi connectivity index (χ3n) is 4.73. The molecule has 0 bridgehead atoms. The molecule has 1 N–H and O–H groups in total. The Bertz CT molecular complexity index is 1090. The minimum atomic E-state index is -0.285. The maximum atomic E-state index is 12.5. The topological polar surface area (TPSA) is 68.0 Å². The van der Waals surface area contributed by atoms with E-state index in [1.54, 1.807) is 12.1 Å². The van der Waals surface area contributed by atoms with E-state index in [9.17, 15) is 4.79 Å². The number of carbonyl (C=O) groups excluding carboxylic acids is 1. The number of nitrogens with zero attached hydrogens (tertiary/aromatic N) is 2. The van der Waals surface area contributed by atoms with Gasteiger partial charge in [-0.2, -0.15) is 0 Å².